The van der Waals surface area contributed by atoms with Crippen molar-refractivity contribution in [1.29, 1.82) is 0 Å². The first-order valence-corrected chi connectivity index (χ1v) is 14.3. The Labute approximate surface area is 252 Å². The number of ether oxygens (including phenoxy) is 6. The maximum absolute atomic E-state index is 13.3. The van der Waals surface area contributed by atoms with E-state index in [-0.39, 0.29) is 36.5 Å². The molecule has 44 heavy (non-hydrogen) atoms. The summed E-state index contributed by atoms with van der Waals surface area (Å²) in [7, 11) is 1.40. The summed E-state index contributed by atoms with van der Waals surface area (Å²) in [6, 6.07) is 13.6. The Morgan fingerprint density at radius 1 is 0.932 bits per heavy atom. The van der Waals surface area contributed by atoms with Crippen LogP contribution in [0.2, 0.25) is 0 Å². The number of phenols is 1. The van der Waals surface area contributed by atoms with Gasteiger partial charge in [0.15, 0.2) is 12.6 Å². The average Bonchev–Trinajstić information content (AvgIpc) is 3.09. The highest BCUT2D eigenvalue weighted by Gasteiger charge is 2.87. The lowest BCUT2D eigenvalue weighted by Gasteiger charge is -2.66. The van der Waals surface area contributed by atoms with Crippen LogP contribution in [-0.4, -0.2) is 107 Å². The third-order valence-corrected chi connectivity index (χ3v) is 9.54. The van der Waals surface area contributed by atoms with Gasteiger partial charge in [-0.1, -0.05) is 18.2 Å². The summed E-state index contributed by atoms with van der Waals surface area (Å²) in [6.45, 7) is 0.851. The molecule has 4 N–H and O–H groups in total. The molecule has 13 heteroatoms. The first-order chi connectivity index (χ1) is 21.0. The molecular formula is C31H34O13. The summed E-state index contributed by atoms with van der Waals surface area (Å²) in [5.41, 5.74) is -3.55. The van der Waals surface area contributed by atoms with Gasteiger partial charge in [-0.2, -0.15) is 0 Å². The Morgan fingerprint density at radius 2 is 1.59 bits per heavy atom. The smallest absolute Gasteiger partial charge is 0.338 e. The zero-order chi connectivity index (χ0) is 31.4. The van der Waals surface area contributed by atoms with Crippen molar-refractivity contribution >= 4 is 17.7 Å². The highest BCUT2D eigenvalue weighted by molar-refractivity contribution is 5.91. The van der Waals surface area contributed by atoms with Crippen molar-refractivity contribution in [3.05, 3.63) is 65.7 Å². The van der Waals surface area contributed by atoms with E-state index in [1.165, 1.54) is 31.4 Å². The number of carbonyl (C=O) groups is 3. The summed E-state index contributed by atoms with van der Waals surface area (Å²) < 4.78 is 35.4. The van der Waals surface area contributed by atoms with Crippen LogP contribution < -0.4 is 0 Å². The molecule has 2 saturated heterocycles. The summed E-state index contributed by atoms with van der Waals surface area (Å²) in [5.74, 6) is -2.22. The van der Waals surface area contributed by atoms with Crippen LogP contribution in [0.25, 0.3) is 0 Å². The van der Waals surface area contributed by atoms with Gasteiger partial charge in [0.25, 0.3) is 0 Å². The van der Waals surface area contributed by atoms with E-state index in [2.05, 4.69) is 0 Å². The quantitative estimate of drug-likeness (QED) is 0.290. The van der Waals surface area contributed by atoms with Crippen LogP contribution >= 0.6 is 0 Å². The second-order valence-electron chi connectivity index (χ2n) is 11.9. The van der Waals surface area contributed by atoms with Gasteiger partial charge in [-0.05, 0) is 49.7 Å². The fraction of sp³-hybridized carbons (Fsp3) is 0.516. The van der Waals surface area contributed by atoms with Gasteiger partial charge in [0.2, 0.25) is 0 Å². The van der Waals surface area contributed by atoms with Crippen molar-refractivity contribution in [2.75, 3.05) is 20.3 Å². The summed E-state index contributed by atoms with van der Waals surface area (Å²) in [4.78, 5) is 38.7. The first-order valence-electron chi connectivity index (χ1n) is 14.3. The summed E-state index contributed by atoms with van der Waals surface area (Å²) >= 11 is 0. The van der Waals surface area contributed by atoms with Crippen LogP contribution in [0, 0.1) is 11.3 Å². The van der Waals surface area contributed by atoms with Crippen molar-refractivity contribution in [2.45, 2.75) is 68.0 Å². The number of hydrogen-bond acceptors (Lipinski definition) is 13. The number of aliphatic hydroxyl groups is 3. The molecule has 10 atom stereocenters. The van der Waals surface area contributed by atoms with E-state index >= 15 is 0 Å². The molecule has 2 aliphatic heterocycles. The van der Waals surface area contributed by atoms with Crippen LogP contribution in [0.3, 0.4) is 0 Å². The standard InChI is InChI=1S/C31H34O13/c1-29-13-20(33)19-12-31(29,30(19,28(39-2)44-29)15-41-26(38)16-6-4-3-5-7-16)43-27-24(36)23(35)22(34)21(42-27)14-40-25(37)17-8-10-18(32)11-9-17/h3-11,19,21-24,27-28,32,34-36H,12-15H2,1-2H3. The van der Waals surface area contributed by atoms with E-state index in [1.807, 2.05) is 0 Å². The van der Waals surface area contributed by atoms with E-state index < -0.39 is 78.1 Å². The predicted molar refractivity (Wildman–Crippen MR) is 146 cm³/mol. The van der Waals surface area contributed by atoms with E-state index in [0.717, 1.165) is 0 Å². The average molecular weight is 615 g/mol. The number of phenolic OH excluding ortho intramolecular Hbond substituents is 1. The van der Waals surface area contributed by atoms with Gasteiger partial charge in [-0.15, -0.1) is 0 Å². The molecule has 2 aromatic rings. The molecule has 2 heterocycles. The lowest BCUT2D eigenvalue weighted by molar-refractivity contribution is -0.381. The molecule has 4 bridgehead atoms. The zero-order valence-corrected chi connectivity index (χ0v) is 24.0. The minimum atomic E-state index is -1.75. The number of benzene rings is 2. The number of Topliss-reactive ketones (excluding diaryl/α,β-unsaturated/α-hetero) is 1. The molecular weight excluding hydrogens is 580 g/mol. The van der Waals surface area contributed by atoms with Crippen LogP contribution in [0.4, 0.5) is 0 Å². The van der Waals surface area contributed by atoms with E-state index in [0.29, 0.717) is 5.56 Å². The number of methoxy groups -OCH3 is 1. The molecule has 236 valence electrons. The Bertz CT molecular complexity index is 1420. The van der Waals surface area contributed by atoms with Gasteiger partial charge in [-0.25, -0.2) is 9.59 Å². The molecule has 10 unspecified atom stereocenters. The topological polar surface area (TPSA) is 188 Å². The first kappa shape index (κ1) is 30.6. The van der Waals surface area contributed by atoms with Crippen molar-refractivity contribution in [1.82, 2.24) is 0 Å². The molecule has 5 fully saturated rings. The molecule has 2 aromatic carbocycles. The van der Waals surface area contributed by atoms with Gasteiger partial charge in [0, 0.05) is 19.4 Å². The third kappa shape index (κ3) is 4.53. The second-order valence-corrected chi connectivity index (χ2v) is 11.9. The third-order valence-electron chi connectivity index (χ3n) is 9.54. The molecule has 3 aliphatic carbocycles. The van der Waals surface area contributed by atoms with Crippen LogP contribution in [0.1, 0.15) is 40.5 Å². The molecule has 5 aliphatic rings. The van der Waals surface area contributed by atoms with E-state index in [9.17, 15) is 34.8 Å². The minimum absolute atomic E-state index is 0.0401. The number of hydrogen-bond donors (Lipinski definition) is 4. The fourth-order valence-electron chi connectivity index (χ4n) is 7.21. The Morgan fingerprint density at radius 3 is 2.27 bits per heavy atom. The number of aromatic hydroxyl groups is 1. The van der Waals surface area contributed by atoms with Crippen molar-refractivity contribution in [3.8, 4) is 5.75 Å². The highest BCUT2D eigenvalue weighted by Crippen LogP contribution is 2.74. The van der Waals surface area contributed by atoms with Gasteiger partial charge < -0.3 is 48.8 Å². The van der Waals surface area contributed by atoms with Crippen molar-refractivity contribution in [2.24, 2.45) is 11.3 Å². The summed E-state index contributed by atoms with van der Waals surface area (Å²) in [6.07, 6.45) is -8.96. The van der Waals surface area contributed by atoms with Gasteiger partial charge in [-0.3, -0.25) is 4.79 Å². The normalized spacial score (nSPS) is 38.9. The molecule has 7 rings (SSSR count). The Balaban J connectivity index is 1.25. The van der Waals surface area contributed by atoms with Crippen molar-refractivity contribution < 1.29 is 63.2 Å². The number of fused-ring (bicyclic) bond motifs is 1. The van der Waals surface area contributed by atoms with E-state index in [4.69, 9.17) is 28.4 Å². The fourth-order valence-corrected chi connectivity index (χ4v) is 7.21. The number of aliphatic hydroxyl groups excluding tert-OH is 3. The molecule has 0 aromatic heterocycles. The van der Waals surface area contributed by atoms with Gasteiger partial charge in [0.05, 0.1) is 16.5 Å². The minimum Gasteiger partial charge on any atom is -0.508 e. The lowest BCUT2D eigenvalue weighted by atomic mass is 9.41. The predicted octanol–water partition coefficient (Wildman–Crippen LogP) is 0.709. The Kier molecular flexibility index (Phi) is 7.77. The Hall–Kier alpha value is -3.43. The number of ketones is 1. The number of rotatable bonds is 9. The molecule has 3 saturated carbocycles. The highest BCUT2D eigenvalue weighted by atomic mass is 16.8. The van der Waals surface area contributed by atoms with Gasteiger partial charge in [0.1, 0.15) is 60.4 Å². The molecule has 13 nitrogen and oxygen atoms in total. The number of carbonyl (C=O) groups excluding carboxylic acids is 3. The monoisotopic (exact) mass is 614 g/mol. The molecule has 0 radical (unpaired) electrons. The van der Waals surface area contributed by atoms with E-state index in [1.54, 1.807) is 37.3 Å². The number of esters is 2. The zero-order valence-electron chi connectivity index (χ0n) is 24.0. The van der Waals surface area contributed by atoms with Crippen molar-refractivity contribution in [3.63, 3.8) is 0 Å². The maximum atomic E-state index is 13.3. The maximum Gasteiger partial charge on any atom is 0.338 e. The van der Waals surface area contributed by atoms with Crippen LogP contribution in [0.5, 0.6) is 5.75 Å². The van der Waals surface area contributed by atoms with Gasteiger partial charge >= 0.3 is 11.9 Å². The molecule has 0 amide bonds. The largest absolute Gasteiger partial charge is 0.508 e. The SMILES string of the molecule is COC1OC2(C)CC(=O)C3CC2(OC2OC(COC(=O)c4ccc(O)cc4)C(O)C(O)C2O)C13COC(=O)c1ccccc1. The second kappa shape index (κ2) is 11.2. The van der Waals surface area contributed by atoms with Crippen LogP contribution in [-0.2, 0) is 33.2 Å². The summed E-state index contributed by atoms with van der Waals surface area (Å²) in [5, 5.41) is 41.8. The molecule has 0 spiro atoms. The lowest BCUT2D eigenvalue weighted by Crippen LogP contribution is -2.80. The van der Waals surface area contributed by atoms with Crippen LogP contribution in [0.15, 0.2) is 54.6 Å².